The van der Waals surface area contributed by atoms with E-state index in [1.165, 1.54) is 11.6 Å². The summed E-state index contributed by atoms with van der Waals surface area (Å²) in [7, 11) is 1.90. The van der Waals surface area contributed by atoms with Gasteiger partial charge in [0.2, 0.25) is 0 Å². The lowest BCUT2D eigenvalue weighted by Gasteiger charge is -2.12. The van der Waals surface area contributed by atoms with Crippen LogP contribution in [0.1, 0.15) is 16.7 Å². The molecule has 0 aliphatic rings. The summed E-state index contributed by atoms with van der Waals surface area (Å²) < 4.78 is 26.2. The largest absolute Gasteiger partial charge is 0.316 e. The van der Waals surface area contributed by atoms with Gasteiger partial charge in [-0.05, 0) is 60.8 Å². The molecule has 0 heterocycles. The Bertz CT molecular complexity index is 588. The molecule has 4 heteroatoms. The van der Waals surface area contributed by atoms with Crippen LogP contribution in [0.2, 0.25) is 0 Å². The number of benzene rings is 2. The van der Waals surface area contributed by atoms with Gasteiger partial charge in [0.15, 0.2) is 11.6 Å². The molecule has 1 N–H and O–H groups in total. The third-order valence-corrected chi connectivity index (χ3v) is 3.30. The zero-order valence-corrected chi connectivity index (χ0v) is 12.6. The molecule has 0 radical (unpaired) electrons. The molecule has 0 saturated carbocycles. The summed E-state index contributed by atoms with van der Waals surface area (Å²) >= 11 is 0. The number of hydrogen-bond donors (Lipinski definition) is 1. The van der Waals surface area contributed by atoms with Gasteiger partial charge in [-0.2, -0.15) is 0 Å². The molecule has 2 aromatic carbocycles. The Kier molecular flexibility index (Phi) is 5.66. The maximum Gasteiger partial charge on any atom is 0.159 e. The molecule has 0 aliphatic heterocycles. The van der Waals surface area contributed by atoms with Gasteiger partial charge < -0.3 is 5.32 Å². The maximum atomic E-state index is 13.3. The zero-order valence-electron chi connectivity index (χ0n) is 11.8. The predicted molar refractivity (Wildman–Crippen MR) is 81.3 cm³/mol. The van der Waals surface area contributed by atoms with E-state index in [2.05, 4.69) is 5.32 Å². The second kappa shape index (κ2) is 6.82. The number of halogens is 3. The molecule has 1 nitrogen and oxygen atoms in total. The summed E-state index contributed by atoms with van der Waals surface area (Å²) in [6.07, 6.45) is 0. The van der Waals surface area contributed by atoms with Crippen LogP contribution < -0.4 is 5.32 Å². The van der Waals surface area contributed by atoms with Crippen LogP contribution >= 0.6 is 12.4 Å². The Morgan fingerprint density at radius 2 is 1.50 bits per heavy atom. The summed E-state index contributed by atoms with van der Waals surface area (Å²) in [4.78, 5) is 0. The van der Waals surface area contributed by atoms with Gasteiger partial charge in [-0.15, -0.1) is 12.4 Å². The molecule has 0 bridgehead atoms. The summed E-state index contributed by atoms with van der Waals surface area (Å²) in [5, 5.41) is 3.13. The molecule has 2 aromatic rings. The minimum atomic E-state index is -0.816. The molecule has 0 fully saturated rings. The predicted octanol–water partition coefficient (Wildman–Crippen LogP) is 4.39. The summed E-state index contributed by atoms with van der Waals surface area (Å²) in [6.45, 7) is 4.86. The van der Waals surface area contributed by atoms with Gasteiger partial charge in [0.05, 0.1) is 0 Å². The molecule has 0 aliphatic carbocycles. The van der Waals surface area contributed by atoms with E-state index < -0.39 is 11.6 Å². The van der Waals surface area contributed by atoms with E-state index in [1.807, 2.05) is 33.0 Å². The smallest absolute Gasteiger partial charge is 0.159 e. The quantitative estimate of drug-likeness (QED) is 0.886. The molecular formula is C16H18ClF2N. The van der Waals surface area contributed by atoms with Crippen molar-refractivity contribution >= 4 is 12.4 Å². The van der Waals surface area contributed by atoms with E-state index in [-0.39, 0.29) is 12.4 Å². The topological polar surface area (TPSA) is 12.0 Å². The van der Waals surface area contributed by atoms with E-state index in [0.29, 0.717) is 5.56 Å². The van der Waals surface area contributed by atoms with Gasteiger partial charge in [-0.3, -0.25) is 0 Å². The Morgan fingerprint density at radius 3 is 2.00 bits per heavy atom. The monoisotopic (exact) mass is 297 g/mol. The van der Waals surface area contributed by atoms with Gasteiger partial charge >= 0.3 is 0 Å². The highest BCUT2D eigenvalue weighted by molar-refractivity contribution is 5.85. The molecule has 20 heavy (non-hydrogen) atoms. The second-order valence-corrected chi connectivity index (χ2v) is 4.75. The number of aryl methyl sites for hydroxylation is 2. The van der Waals surface area contributed by atoms with Gasteiger partial charge in [-0.25, -0.2) is 8.78 Å². The minimum Gasteiger partial charge on any atom is -0.316 e. The van der Waals surface area contributed by atoms with Crippen LogP contribution in [0.3, 0.4) is 0 Å². The third-order valence-electron chi connectivity index (χ3n) is 3.30. The maximum absolute atomic E-state index is 13.3. The van der Waals surface area contributed by atoms with Crippen molar-refractivity contribution in [1.29, 1.82) is 0 Å². The Labute approximate surface area is 124 Å². The van der Waals surface area contributed by atoms with Gasteiger partial charge in [0, 0.05) is 6.54 Å². The van der Waals surface area contributed by atoms with Gasteiger partial charge in [0.1, 0.15) is 0 Å². The lowest BCUT2D eigenvalue weighted by atomic mass is 9.95. The average Bonchev–Trinajstić information content (AvgIpc) is 2.37. The van der Waals surface area contributed by atoms with E-state index in [1.54, 1.807) is 6.07 Å². The Morgan fingerprint density at radius 1 is 0.900 bits per heavy atom. The fourth-order valence-corrected chi connectivity index (χ4v) is 2.29. The summed E-state index contributed by atoms with van der Waals surface area (Å²) in [6, 6.07) is 8.02. The molecule has 0 atom stereocenters. The Hall–Kier alpha value is -1.45. The first-order chi connectivity index (χ1) is 9.02. The first-order valence-electron chi connectivity index (χ1n) is 6.23. The van der Waals surface area contributed by atoms with Crippen molar-refractivity contribution in [2.45, 2.75) is 20.4 Å². The molecular weight excluding hydrogens is 280 g/mol. The van der Waals surface area contributed by atoms with Crippen molar-refractivity contribution in [1.82, 2.24) is 5.32 Å². The van der Waals surface area contributed by atoms with Gasteiger partial charge in [0.25, 0.3) is 0 Å². The van der Waals surface area contributed by atoms with E-state index >= 15 is 0 Å². The first kappa shape index (κ1) is 16.6. The molecule has 0 saturated heterocycles. The first-order valence-corrected chi connectivity index (χ1v) is 6.23. The minimum absolute atomic E-state index is 0. The van der Waals surface area contributed by atoms with E-state index in [9.17, 15) is 8.78 Å². The standard InChI is InChI=1S/C16H17F2N.ClH/c1-10-6-13(7-11(2)14(10)9-19-3)12-4-5-15(17)16(18)8-12;/h4-8,19H,9H2,1-3H3;1H. The van der Waals surface area contributed by atoms with Crippen LogP contribution in [0.15, 0.2) is 30.3 Å². The number of nitrogens with one attached hydrogen (secondary N) is 1. The van der Waals surface area contributed by atoms with Crippen molar-refractivity contribution in [3.63, 3.8) is 0 Å². The summed E-state index contributed by atoms with van der Waals surface area (Å²) in [5.74, 6) is -1.63. The highest BCUT2D eigenvalue weighted by Gasteiger charge is 2.08. The highest BCUT2D eigenvalue weighted by atomic mass is 35.5. The van der Waals surface area contributed by atoms with E-state index in [0.717, 1.165) is 29.3 Å². The average molecular weight is 298 g/mol. The van der Waals surface area contributed by atoms with Crippen molar-refractivity contribution in [2.24, 2.45) is 0 Å². The molecule has 108 valence electrons. The fourth-order valence-electron chi connectivity index (χ4n) is 2.29. The van der Waals surface area contributed by atoms with Crippen molar-refractivity contribution in [3.05, 3.63) is 58.7 Å². The van der Waals surface area contributed by atoms with Crippen molar-refractivity contribution < 1.29 is 8.78 Å². The number of rotatable bonds is 3. The lowest BCUT2D eigenvalue weighted by molar-refractivity contribution is 0.509. The molecule has 2 rings (SSSR count). The SMILES string of the molecule is CNCc1c(C)cc(-c2ccc(F)c(F)c2)cc1C.Cl. The molecule has 0 unspecified atom stereocenters. The molecule has 0 spiro atoms. The summed E-state index contributed by atoms with van der Waals surface area (Å²) in [5.41, 5.74) is 5.15. The fraction of sp³-hybridized carbons (Fsp3) is 0.250. The zero-order chi connectivity index (χ0) is 14.0. The Balaban J connectivity index is 0.00000200. The van der Waals surface area contributed by atoms with Gasteiger partial charge in [-0.1, -0.05) is 18.2 Å². The van der Waals surface area contributed by atoms with Crippen molar-refractivity contribution in [2.75, 3.05) is 7.05 Å². The highest BCUT2D eigenvalue weighted by Crippen LogP contribution is 2.26. The van der Waals surface area contributed by atoms with Crippen LogP contribution in [0.25, 0.3) is 11.1 Å². The van der Waals surface area contributed by atoms with Crippen molar-refractivity contribution in [3.8, 4) is 11.1 Å². The van der Waals surface area contributed by atoms with Crippen LogP contribution in [-0.2, 0) is 6.54 Å². The number of hydrogen-bond acceptors (Lipinski definition) is 1. The molecule has 0 aromatic heterocycles. The van der Waals surface area contributed by atoms with Crippen LogP contribution in [0.4, 0.5) is 8.78 Å². The second-order valence-electron chi connectivity index (χ2n) is 4.75. The molecule has 0 amide bonds. The van der Waals surface area contributed by atoms with Crippen LogP contribution in [0.5, 0.6) is 0 Å². The third kappa shape index (κ3) is 3.35. The van der Waals surface area contributed by atoms with Crippen LogP contribution in [-0.4, -0.2) is 7.05 Å². The van der Waals surface area contributed by atoms with E-state index in [4.69, 9.17) is 0 Å². The lowest BCUT2D eigenvalue weighted by Crippen LogP contribution is -2.08. The van der Waals surface area contributed by atoms with Crippen LogP contribution in [0, 0.1) is 25.5 Å². The normalized spacial score (nSPS) is 10.2.